The molecule has 0 atom stereocenters. The summed E-state index contributed by atoms with van der Waals surface area (Å²) in [4.78, 5) is 15.2. The maximum Gasteiger partial charge on any atom is 0.356 e. The van der Waals surface area contributed by atoms with Gasteiger partial charge in [0.05, 0.1) is 11.6 Å². The predicted octanol–water partition coefficient (Wildman–Crippen LogP) is 3.56. The van der Waals surface area contributed by atoms with Gasteiger partial charge in [-0.15, -0.1) is 0 Å². The van der Waals surface area contributed by atoms with E-state index in [4.69, 9.17) is 4.74 Å². The Kier molecular flexibility index (Phi) is 4.11. The maximum absolute atomic E-state index is 13.3. The molecule has 1 heterocycles. The number of aromatic nitrogens is 1. The molecule has 0 fully saturated rings. The number of halogens is 2. The van der Waals surface area contributed by atoms with Crippen molar-refractivity contribution in [3.05, 3.63) is 52.5 Å². The minimum Gasteiger partial charge on any atom is -0.464 e. The fraction of sp³-hybridized carbons (Fsp3) is 0.0769. The second kappa shape index (κ2) is 5.79. The normalized spacial score (nSPS) is 10.1. The summed E-state index contributed by atoms with van der Waals surface area (Å²) in [5, 5.41) is 0. The molecule has 19 heavy (non-hydrogen) atoms. The van der Waals surface area contributed by atoms with Gasteiger partial charge in [0.2, 0.25) is 0 Å². The predicted molar refractivity (Wildman–Crippen MR) is 69.8 cm³/mol. The SMILES string of the molecule is COC(=O)c1cc(Oc2ccc(Br)c(F)c2)ccn1. The third-order valence-corrected chi connectivity index (χ3v) is 2.90. The molecule has 0 radical (unpaired) electrons. The smallest absolute Gasteiger partial charge is 0.356 e. The highest BCUT2D eigenvalue weighted by atomic mass is 79.9. The number of hydrogen-bond acceptors (Lipinski definition) is 4. The second-order valence-electron chi connectivity index (χ2n) is 3.55. The molecule has 0 aliphatic heterocycles. The van der Waals surface area contributed by atoms with Gasteiger partial charge in [-0.3, -0.25) is 0 Å². The monoisotopic (exact) mass is 325 g/mol. The zero-order valence-corrected chi connectivity index (χ0v) is 11.5. The fourth-order valence-corrected chi connectivity index (χ4v) is 1.61. The highest BCUT2D eigenvalue weighted by Gasteiger charge is 2.09. The third kappa shape index (κ3) is 3.29. The number of hydrogen-bond donors (Lipinski definition) is 0. The lowest BCUT2D eigenvalue weighted by Crippen LogP contribution is -2.03. The van der Waals surface area contributed by atoms with Gasteiger partial charge in [-0.25, -0.2) is 14.2 Å². The first-order valence-electron chi connectivity index (χ1n) is 5.27. The second-order valence-corrected chi connectivity index (χ2v) is 4.40. The lowest BCUT2D eigenvalue weighted by molar-refractivity contribution is 0.0593. The van der Waals surface area contributed by atoms with Crippen molar-refractivity contribution in [3.63, 3.8) is 0 Å². The Morgan fingerprint density at radius 1 is 1.26 bits per heavy atom. The Morgan fingerprint density at radius 3 is 2.68 bits per heavy atom. The number of methoxy groups -OCH3 is 1. The molecule has 0 unspecified atom stereocenters. The van der Waals surface area contributed by atoms with Crippen molar-refractivity contribution in [2.24, 2.45) is 0 Å². The summed E-state index contributed by atoms with van der Waals surface area (Å²) >= 11 is 3.05. The summed E-state index contributed by atoms with van der Waals surface area (Å²) in [5.41, 5.74) is 0.123. The molecular formula is C13H9BrFNO3. The highest BCUT2D eigenvalue weighted by Crippen LogP contribution is 2.25. The zero-order chi connectivity index (χ0) is 13.8. The van der Waals surface area contributed by atoms with Crippen LogP contribution in [-0.2, 0) is 4.74 Å². The molecule has 0 amide bonds. The summed E-state index contributed by atoms with van der Waals surface area (Å²) < 4.78 is 23.7. The number of esters is 1. The highest BCUT2D eigenvalue weighted by molar-refractivity contribution is 9.10. The van der Waals surface area contributed by atoms with Crippen LogP contribution < -0.4 is 4.74 Å². The van der Waals surface area contributed by atoms with E-state index < -0.39 is 11.8 Å². The number of carbonyl (C=O) groups excluding carboxylic acids is 1. The van der Waals surface area contributed by atoms with E-state index >= 15 is 0 Å². The Balaban J connectivity index is 2.23. The quantitative estimate of drug-likeness (QED) is 0.809. The van der Waals surface area contributed by atoms with E-state index in [1.807, 2.05) is 0 Å². The van der Waals surface area contributed by atoms with E-state index in [-0.39, 0.29) is 5.69 Å². The summed E-state index contributed by atoms with van der Waals surface area (Å²) in [5.74, 6) is -0.299. The van der Waals surface area contributed by atoms with E-state index in [9.17, 15) is 9.18 Å². The number of pyridine rings is 1. The Bertz CT molecular complexity index is 619. The molecule has 0 aliphatic carbocycles. The van der Waals surface area contributed by atoms with Crippen LogP contribution in [0.15, 0.2) is 41.0 Å². The maximum atomic E-state index is 13.3. The standard InChI is InChI=1S/C13H9BrFNO3/c1-18-13(17)12-7-9(4-5-16-12)19-8-2-3-10(14)11(15)6-8/h2-7H,1H3. The molecule has 0 saturated carbocycles. The summed E-state index contributed by atoms with van der Waals surface area (Å²) in [7, 11) is 1.27. The average Bonchev–Trinajstić information content (AvgIpc) is 2.42. The summed E-state index contributed by atoms with van der Waals surface area (Å²) in [6.07, 6.45) is 1.41. The number of benzene rings is 1. The van der Waals surface area contributed by atoms with Crippen LogP contribution in [-0.4, -0.2) is 18.1 Å². The van der Waals surface area contributed by atoms with Gasteiger partial charge in [0.15, 0.2) is 5.69 Å². The van der Waals surface area contributed by atoms with Crippen LogP contribution in [0.5, 0.6) is 11.5 Å². The molecule has 0 saturated heterocycles. The van der Waals surface area contributed by atoms with Gasteiger partial charge in [-0.2, -0.15) is 0 Å². The Labute approximate surface area is 117 Å². The van der Waals surface area contributed by atoms with E-state index in [2.05, 4.69) is 25.7 Å². The average molecular weight is 326 g/mol. The molecule has 2 rings (SSSR count). The van der Waals surface area contributed by atoms with Crippen LogP contribution in [0.3, 0.4) is 0 Å². The van der Waals surface area contributed by atoms with Gasteiger partial charge in [0.25, 0.3) is 0 Å². The van der Waals surface area contributed by atoms with Gasteiger partial charge >= 0.3 is 5.97 Å². The number of carbonyl (C=O) groups is 1. The van der Waals surface area contributed by atoms with E-state index in [1.54, 1.807) is 12.1 Å². The lowest BCUT2D eigenvalue weighted by atomic mass is 10.3. The number of ether oxygens (including phenoxy) is 2. The third-order valence-electron chi connectivity index (χ3n) is 2.25. The zero-order valence-electron chi connectivity index (χ0n) is 9.89. The van der Waals surface area contributed by atoms with Crippen LogP contribution in [0.2, 0.25) is 0 Å². The molecule has 0 aliphatic rings. The van der Waals surface area contributed by atoms with Gasteiger partial charge in [-0.05, 0) is 34.1 Å². The van der Waals surface area contributed by atoms with Crippen molar-refractivity contribution in [3.8, 4) is 11.5 Å². The molecule has 1 aromatic heterocycles. The largest absolute Gasteiger partial charge is 0.464 e. The van der Waals surface area contributed by atoms with E-state index in [0.29, 0.717) is 16.0 Å². The first-order chi connectivity index (χ1) is 9.10. The van der Waals surface area contributed by atoms with Gasteiger partial charge in [-0.1, -0.05) is 0 Å². The Hall–Kier alpha value is -1.95. The van der Waals surface area contributed by atoms with Gasteiger partial charge in [0, 0.05) is 18.3 Å². The molecule has 0 spiro atoms. The first-order valence-corrected chi connectivity index (χ1v) is 6.06. The van der Waals surface area contributed by atoms with Crippen molar-refractivity contribution in [2.75, 3.05) is 7.11 Å². The van der Waals surface area contributed by atoms with Crippen LogP contribution in [0.4, 0.5) is 4.39 Å². The van der Waals surface area contributed by atoms with Crippen LogP contribution in [0, 0.1) is 5.82 Å². The van der Waals surface area contributed by atoms with E-state index in [1.165, 1.54) is 31.5 Å². The summed E-state index contributed by atoms with van der Waals surface area (Å²) in [6.45, 7) is 0. The molecule has 2 aromatic rings. The number of rotatable bonds is 3. The topological polar surface area (TPSA) is 48.4 Å². The van der Waals surface area contributed by atoms with Gasteiger partial charge < -0.3 is 9.47 Å². The molecule has 98 valence electrons. The lowest BCUT2D eigenvalue weighted by Gasteiger charge is -2.07. The number of nitrogens with zero attached hydrogens (tertiary/aromatic N) is 1. The van der Waals surface area contributed by atoms with Crippen molar-refractivity contribution in [1.29, 1.82) is 0 Å². The van der Waals surface area contributed by atoms with Crippen molar-refractivity contribution >= 4 is 21.9 Å². The summed E-state index contributed by atoms with van der Waals surface area (Å²) in [6, 6.07) is 7.36. The van der Waals surface area contributed by atoms with Crippen molar-refractivity contribution in [2.45, 2.75) is 0 Å². The van der Waals surface area contributed by atoms with Crippen LogP contribution >= 0.6 is 15.9 Å². The Morgan fingerprint density at radius 2 is 2.00 bits per heavy atom. The van der Waals surface area contributed by atoms with Gasteiger partial charge in [0.1, 0.15) is 17.3 Å². The van der Waals surface area contributed by atoms with Crippen LogP contribution in [0.25, 0.3) is 0 Å². The minimum atomic E-state index is -0.563. The molecular weight excluding hydrogens is 317 g/mol. The molecule has 0 N–H and O–H groups in total. The minimum absolute atomic E-state index is 0.123. The van der Waals surface area contributed by atoms with E-state index in [0.717, 1.165) is 0 Å². The molecule has 1 aromatic carbocycles. The molecule has 6 heteroatoms. The van der Waals surface area contributed by atoms with Crippen molar-refractivity contribution < 1.29 is 18.7 Å². The fourth-order valence-electron chi connectivity index (χ4n) is 1.37. The van der Waals surface area contributed by atoms with Crippen LogP contribution in [0.1, 0.15) is 10.5 Å². The first kappa shape index (κ1) is 13.5. The molecule has 4 nitrogen and oxygen atoms in total. The molecule has 0 bridgehead atoms. The van der Waals surface area contributed by atoms with Crippen molar-refractivity contribution in [1.82, 2.24) is 4.98 Å².